The van der Waals surface area contributed by atoms with E-state index in [1.165, 1.54) is 19.3 Å². The van der Waals surface area contributed by atoms with Gasteiger partial charge in [0.1, 0.15) is 11.5 Å². The number of nitrogens with one attached hydrogen (secondary N) is 2. The molecule has 9 nitrogen and oxygen atoms in total. The number of hydrogen-bond donors (Lipinski definition) is 2. The number of ether oxygens (including phenoxy) is 1. The second-order valence-corrected chi connectivity index (χ2v) is 8.77. The number of imidazole rings is 1. The summed E-state index contributed by atoms with van der Waals surface area (Å²) >= 11 is 0. The van der Waals surface area contributed by atoms with E-state index < -0.39 is 0 Å². The zero-order valence-corrected chi connectivity index (χ0v) is 19.7. The molecule has 0 saturated heterocycles. The van der Waals surface area contributed by atoms with Gasteiger partial charge in [0.05, 0.1) is 6.33 Å². The number of para-hydroxylation sites is 1. The molecular weight excluding hydrogens is 452 g/mol. The van der Waals surface area contributed by atoms with Gasteiger partial charge in [0.15, 0.2) is 17.0 Å². The number of hydrogen-bond acceptors (Lipinski definition) is 8. The fourth-order valence-electron chi connectivity index (χ4n) is 4.52. The summed E-state index contributed by atoms with van der Waals surface area (Å²) in [6, 6.07) is 19.6. The van der Waals surface area contributed by atoms with Crippen LogP contribution < -0.4 is 15.4 Å². The lowest BCUT2D eigenvalue weighted by molar-refractivity contribution is 0.358. The molecule has 6 rings (SSSR count). The first-order chi connectivity index (χ1) is 17.8. The molecule has 1 aliphatic rings. The van der Waals surface area contributed by atoms with Crippen molar-refractivity contribution in [2.24, 2.45) is 0 Å². The Morgan fingerprint density at radius 2 is 1.47 bits per heavy atom. The normalized spacial score (nSPS) is 14.0. The fourth-order valence-corrected chi connectivity index (χ4v) is 4.52. The minimum absolute atomic E-state index is 0.391. The van der Waals surface area contributed by atoms with Crippen LogP contribution in [0.3, 0.4) is 0 Å². The van der Waals surface area contributed by atoms with Gasteiger partial charge in [-0.3, -0.25) is 5.32 Å². The average molecular weight is 479 g/mol. The van der Waals surface area contributed by atoms with Gasteiger partial charge in [-0.05, 0) is 55.3 Å². The van der Waals surface area contributed by atoms with Crippen LogP contribution in [0.1, 0.15) is 38.1 Å². The number of nitrogens with zero attached hydrogens (tertiary/aromatic N) is 6. The third-order valence-electron chi connectivity index (χ3n) is 6.27. The van der Waals surface area contributed by atoms with Crippen LogP contribution in [-0.4, -0.2) is 29.5 Å². The van der Waals surface area contributed by atoms with Gasteiger partial charge in [0.25, 0.3) is 0 Å². The predicted octanol–water partition coefficient (Wildman–Crippen LogP) is 6.40. The first-order valence-corrected chi connectivity index (χ1v) is 12.2. The maximum Gasteiger partial charge on any atom is 0.233 e. The standard InChI is InChI=1S/C27H26N8O/c1-3-8-20(9-4-1)35-18-30-23-24(32-27(33-25(23)35)34-26-28-16-7-17-29-26)31-19-12-14-22(15-13-19)36-21-10-5-2-6-11-21/h2,5-7,10-18,20H,1,3-4,8-9H2,(H2,28,29,31,32,33,34). The molecular formula is C27H26N8O. The van der Waals surface area contributed by atoms with Crippen LogP contribution in [-0.2, 0) is 0 Å². The van der Waals surface area contributed by atoms with Gasteiger partial charge in [-0.1, -0.05) is 37.5 Å². The van der Waals surface area contributed by atoms with Crippen molar-refractivity contribution in [1.82, 2.24) is 29.5 Å². The molecule has 1 fully saturated rings. The molecule has 0 spiro atoms. The zero-order valence-electron chi connectivity index (χ0n) is 19.7. The van der Waals surface area contributed by atoms with Gasteiger partial charge in [-0.15, -0.1) is 0 Å². The highest BCUT2D eigenvalue weighted by Gasteiger charge is 2.21. The Bertz CT molecular complexity index is 1430. The summed E-state index contributed by atoms with van der Waals surface area (Å²) in [5.41, 5.74) is 2.39. The maximum absolute atomic E-state index is 5.92. The summed E-state index contributed by atoms with van der Waals surface area (Å²) in [6.45, 7) is 0. The summed E-state index contributed by atoms with van der Waals surface area (Å²) in [5, 5.41) is 6.55. The Kier molecular flexibility index (Phi) is 6.10. The molecule has 180 valence electrons. The van der Waals surface area contributed by atoms with E-state index in [-0.39, 0.29) is 0 Å². The minimum atomic E-state index is 0.391. The first kappa shape index (κ1) is 22.0. The minimum Gasteiger partial charge on any atom is -0.457 e. The lowest BCUT2D eigenvalue weighted by atomic mass is 9.95. The molecule has 0 atom stereocenters. The average Bonchev–Trinajstić information content (AvgIpc) is 3.36. The van der Waals surface area contributed by atoms with Crippen molar-refractivity contribution < 1.29 is 4.74 Å². The molecule has 36 heavy (non-hydrogen) atoms. The van der Waals surface area contributed by atoms with Crippen molar-refractivity contribution in [1.29, 1.82) is 0 Å². The van der Waals surface area contributed by atoms with Crippen molar-refractivity contribution in [3.8, 4) is 11.5 Å². The molecule has 3 aromatic heterocycles. The molecule has 0 aliphatic heterocycles. The Balaban J connectivity index is 1.32. The number of fused-ring (bicyclic) bond motifs is 1. The van der Waals surface area contributed by atoms with Crippen molar-refractivity contribution in [3.63, 3.8) is 0 Å². The van der Waals surface area contributed by atoms with Crippen LogP contribution in [0.15, 0.2) is 79.4 Å². The van der Waals surface area contributed by atoms with E-state index >= 15 is 0 Å². The molecule has 2 N–H and O–H groups in total. The van der Waals surface area contributed by atoms with Gasteiger partial charge in [-0.2, -0.15) is 9.97 Å². The molecule has 0 unspecified atom stereocenters. The summed E-state index contributed by atoms with van der Waals surface area (Å²) in [6.07, 6.45) is 11.2. The first-order valence-electron chi connectivity index (χ1n) is 12.2. The van der Waals surface area contributed by atoms with Gasteiger partial charge in [0.2, 0.25) is 11.9 Å². The topological polar surface area (TPSA) is 103 Å². The quantitative estimate of drug-likeness (QED) is 0.277. The van der Waals surface area contributed by atoms with E-state index in [9.17, 15) is 0 Å². The highest BCUT2D eigenvalue weighted by atomic mass is 16.5. The second-order valence-electron chi connectivity index (χ2n) is 8.77. The summed E-state index contributed by atoms with van der Waals surface area (Å²) < 4.78 is 8.11. The van der Waals surface area contributed by atoms with Gasteiger partial charge in [0, 0.05) is 24.1 Å². The Hall–Kier alpha value is -4.53. The van der Waals surface area contributed by atoms with Crippen LogP contribution in [0.4, 0.5) is 23.4 Å². The van der Waals surface area contributed by atoms with E-state index in [1.54, 1.807) is 18.5 Å². The molecule has 3 heterocycles. The van der Waals surface area contributed by atoms with Crippen LogP contribution in [0.2, 0.25) is 0 Å². The van der Waals surface area contributed by atoms with Gasteiger partial charge >= 0.3 is 0 Å². The summed E-state index contributed by atoms with van der Waals surface area (Å²) in [5.74, 6) is 3.02. The molecule has 5 aromatic rings. The molecule has 1 aliphatic carbocycles. The van der Waals surface area contributed by atoms with Crippen molar-refractivity contribution >= 4 is 34.6 Å². The maximum atomic E-state index is 5.92. The second kappa shape index (κ2) is 9.99. The lowest BCUT2D eigenvalue weighted by Crippen LogP contribution is -2.13. The molecule has 1 saturated carbocycles. The molecule has 0 radical (unpaired) electrons. The SMILES string of the molecule is c1ccc(Oc2ccc(Nc3nc(Nc4ncccn4)nc4c3ncn4C3CCCCC3)cc2)cc1. The molecule has 0 bridgehead atoms. The molecule has 9 heteroatoms. The number of benzene rings is 2. The van der Waals surface area contributed by atoms with Crippen molar-refractivity contribution in [3.05, 3.63) is 79.4 Å². The van der Waals surface area contributed by atoms with Crippen molar-refractivity contribution in [2.45, 2.75) is 38.1 Å². The smallest absolute Gasteiger partial charge is 0.233 e. The Labute approximate surface area is 208 Å². The lowest BCUT2D eigenvalue weighted by Gasteiger charge is -2.23. The number of rotatable bonds is 7. The van der Waals surface area contributed by atoms with Crippen LogP contribution in [0.5, 0.6) is 11.5 Å². The molecule has 0 amide bonds. The third-order valence-corrected chi connectivity index (χ3v) is 6.27. The van der Waals surface area contributed by atoms with Crippen LogP contribution in [0.25, 0.3) is 11.2 Å². The van der Waals surface area contributed by atoms with Crippen LogP contribution in [0, 0.1) is 0 Å². The van der Waals surface area contributed by atoms with E-state index in [0.717, 1.165) is 41.2 Å². The molecule has 2 aromatic carbocycles. The largest absolute Gasteiger partial charge is 0.457 e. The van der Waals surface area contributed by atoms with E-state index in [4.69, 9.17) is 19.7 Å². The zero-order chi connectivity index (χ0) is 24.2. The van der Waals surface area contributed by atoms with E-state index in [1.807, 2.05) is 60.9 Å². The summed E-state index contributed by atoms with van der Waals surface area (Å²) in [4.78, 5) is 22.7. The van der Waals surface area contributed by atoms with Gasteiger partial charge < -0.3 is 14.6 Å². The predicted molar refractivity (Wildman–Crippen MR) is 139 cm³/mol. The van der Waals surface area contributed by atoms with E-state index in [0.29, 0.717) is 23.8 Å². The fraction of sp³-hybridized carbons (Fsp3) is 0.222. The number of anilines is 4. The Morgan fingerprint density at radius 1 is 0.722 bits per heavy atom. The van der Waals surface area contributed by atoms with Gasteiger partial charge in [-0.25, -0.2) is 15.0 Å². The monoisotopic (exact) mass is 478 g/mol. The van der Waals surface area contributed by atoms with Crippen molar-refractivity contribution in [2.75, 3.05) is 10.6 Å². The highest BCUT2D eigenvalue weighted by molar-refractivity contribution is 5.87. The third kappa shape index (κ3) is 4.81. The Morgan fingerprint density at radius 3 is 2.25 bits per heavy atom. The highest BCUT2D eigenvalue weighted by Crippen LogP contribution is 2.33. The summed E-state index contributed by atoms with van der Waals surface area (Å²) in [7, 11) is 0. The number of aromatic nitrogens is 6. The van der Waals surface area contributed by atoms with E-state index in [2.05, 4.69) is 25.2 Å². The van der Waals surface area contributed by atoms with Crippen LogP contribution >= 0.6 is 0 Å².